The second-order valence-corrected chi connectivity index (χ2v) is 9.37. The van der Waals surface area contributed by atoms with E-state index in [1.54, 1.807) is 18.3 Å². The number of ether oxygens (including phenoxy) is 1. The number of carbonyl (C=O) groups excluding carboxylic acids is 2. The Kier molecular flexibility index (Phi) is 8.11. The first-order valence-electron chi connectivity index (χ1n) is 12.4. The van der Waals surface area contributed by atoms with Gasteiger partial charge < -0.3 is 15.8 Å². The predicted octanol–water partition coefficient (Wildman–Crippen LogP) is 3.45. The number of aromatic nitrogens is 3. The molecule has 39 heavy (non-hydrogen) atoms. The van der Waals surface area contributed by atoms with E-state index in [0.717, 1.165) is 40.3 Å². The molecule has 200 valence electrons. The van der Waals surface area contributed by atoms with Gasteiger partial charge in [0.25, 0.3) is 5.91 Å². The Hall–Kier alpha value is -4.32. The quantitative estimate of drug-likeness (QED) is 0.300. The van der Waals surface area contributed by atoms with E-state index >= 15 is 0 Å². The van der Waals surface area contributed by atoms with Crippen LogP contribution in [0.3, 0.4) is 0 Å². The standard InChI is InChI=1S/C27H27ClN8O3/c28-21-2-1-3-22(14-21)33-25-23-13-18(4-5-24(23)31-17-32-25)19-12-20(16-30-15-19)26(37)34-36(27(29)38)7-6-35-8-10-39-11-9-35/h1-5,12-17H,6-11H2,(H2,29,38)(H,34,37)(H,31,32,33). The number of carbonyl (C=O) groups is 2. The fourth-order valence-corrected chi connectivity index (χ4v) is 4.43. The molecule has 1 saturated heterocycles. The van der Waals surface area contributed by atoms with E-state index in [9.17, 15) is 9.59 Å². The van der Waals surface area contributed by atoms with Gasteiger partial charge in [-0.2, -0.15) is 0 Å². The molecule has 0 unspecified atom stereocenters. The number of halogens is 1. The van der Waals surface area contributed by atoms with Gasteiger partial charge in [0.1, 0.15) is 12.1 Å². The number of amides is 3. The van der Waals surface area contributed by atoms with Crippen LogP contribution >= 0.6 is 11.6 Å². The molecule has 0 aliphatic carbocycles. The number of hydrogen-bond acceptors (Lipinski definition) is 8. The first-order valence-corrected chi connectivity index (χ1v) is 12.7. The highest BCUT2D eigenvalue weighted by atomic mass is 35.5. The number of primary amides is 1. The number of pyridine rings is 1. The van der Waals surface area contributed by atoms with E-state index in [-0.39, 0.29) is 12.1 Å². The predicted molar refractivity (Wildman–Crippen MR) is 149 cm³/mol. The van der Waals surface area contributed by atoms with Crippen LogP contribution in [0.2, 0.25) is 5.02 Å². The number of nitrogens with one attached hydrogen (secondary N) is 2. The van der Waals surface area contributed by atoms with Crippen molar-refractivity contribution in [1.82, 2.24) is 30.3 Å². The molecule has 12 heteroatoms. The maximum Gasteiger partial charge on any atom is 0.333 e. The molecule has 2 aromatic carbocycles. The van der Waals surface area contributed by atoms with Crippen molar-refractivity contribution in [3.05, 3.63) is 77.8 Å². The van der Waals surface area contributed by atoms with Crippen LogP contribution < -0.4 is 16.5 Å². The van der Waals surface area contributed by atoms with Crippen molar-refractivity contribution in [1.29, 1.82) is 0 Å². The van der Waals surface area contributed by atoms with Crippen LogP contribution in [0, 0.1) is 0 Å². The minimum absolute atomic E-state index is 0.251. The summed E-state index contributed by atoms with van der Waals surface area (Å²) in [5, 5.41) is 5.80. The first-order chi connectivity index (χ1) is 19.0. The molecule has 0 radical (unpaired) electrons. The number of fused-ring (bicyclic) bond motifs is 1. The summed E-state index contributed by atoms with van der Waals surface area (Å²) in [7, 11) is 0. The van der Waals surface area contributed by atoms with E-state index in [1.165, 1.54) is 12.5 Å². The number of hydrazine groups is 1. The summed E-state index contributed by atoms with van der Waals surface area (Å²) >= 11 is 6.13. The van der Waals surface area contributed by atoms with Crippen LogP contribution in [0.5, 0.6) is 0 Å². The maximum absolute atomic E-state index is 13.0. The van der Waals surface area contributed by atoms with E-state index in [4.69, 9.17) is 22.1 Å². The van der Waals surface area contributed by atoms with Crippen molar-refractivity contribution in [2.75, 3.05) is 44.7 Å². The third-order valence-electron chi connectivity index (χ3n) is 6.30. The lowest BCUT2D eigenvalue weighted by atomic mass is 10.0. The molecule has 3 amide bonds. The molecule has 5 rings (SSSR count). The number of nitrogens with zero attached hydrogens (tertiary/aromatic N) is 5. The molecule has 2 aromatic heterocycles. The highest BCUT2D eigenvalue weighted by Crippen LogP contribution is 2.29. The molecular weight excluding hydrogens is 520 g/mol. The van der Waals surface area contributed by atoms with Crippen LogP contribution in [0.1, 0.15) is 10.4 Å². The monoisotopic (exact) mass is 546 g/mol. The first kappa shape index (κ1) is 26.3. The molecule has 4 aromatic rings. The van der Waals surface area contributed by atoms with Crippen molar-refractivity contribution in [2.45, 2.75) is 0 Å². The van der Waals surface area contributed by atoms with Crippen molar-refractivity contribution < 1.29 is 14.3 Å². The van der Waals surface area contributed by atoms with Gasteiger partial charge in [-0.3, -0.25) is 20.1 Å². The SMILES string of the molecule is NC(=O)N(CCN1CCOCC1)NC(=O)c1cncc(-c2ccc3ncnc(Nc4cccc(Cl)c4)c3c2)c1. The maximum atomic E-state index is 13.0. The highest BCUT2D eigenvalue weighted by molar-refractivity contribution is 6.30. The molecule has 1 aliphatic rings. The smallest absolute Gasteiger partial charge is 0.333 e. The Morgan fingerprint density at radius 1 is 1.05 bits per heavy atom. The zero-order valence-corrected chi connectivity index (χ0v) is 21.8. The molecule has 0 bridgehead atoms. The van der Waals surface area contributed by atoms with Crippen LogP contribution in [0.25, 0.3) is 22.0 Å². The minimum atomic E-state index is -0.741. The van der Waals surface area contributed by atoms with Gasteiger partial charge in [-0.05, 0) is 42.0 Å². The Labute approximate surface area is 229 Å². The molecule has 1 aliphatic heterocycles. The van der Waals surface area contributed by atoms with Crippen LogP contribution in [0.15, 0.2) is 67.3 Å². The third-order valence-corrected chi connectivity index (χ3v) is 6.54. The third kappa shape index (κ3) is 6.58. The summed E-state index contributed by atoms with van der Waals surface area (Å²) < 4.78 is 5.35. The number of benzene rings is 2. The fraction of sp³-hybridized carbons (Fsp3) is 0.222. The Bertz CT molecular complexity index is 1500. The largest absolute Gasteiger partial charge is 0.379 e. The van der Waals surface area contributed by atoms with Gasteiger partial charge in [0.15, 0.2) is 0 Å². The lowest BCUT2D eigenvalue weighted by molar-refractivity contribution is 0.0326. The molecule has 11 nitrogen and oxygen atoms in total. The van der Waals surface area contributed by atoms with Gasteiger partial charge in [0.05, 0.1) is 30.8 Å². The average Bonchev–Trinajstić information content (AvgIpc) is 2.95. The van der Waals surface area contributed by atoms with Gasteiger partial charge >= 0.3 is 6.03 Å². The number of urea groups is 1. The average molecular weight is 547 g/mol. The van der Waals surface area contributed by atoms with E-state index in [2.05, 4.69) is 30.6 Å². The fourth-order valence-electron chi connectivity index (χ4n) is 4.24. The van der Waals surface area contributed by atoms with Crippen molar-refractivity contribution >= 4 is 45.9 Å². The number of morpholine rings is 1. The lowest BCUT2D eigenvalue weighted by Gasteiger charge is -2.29. The van der Waals surface area contributed by atoms with Gasteiger partial charge in [-0.15, -0.1) is 0 Å². The van der Waals surface area contributed by atoms with Crippen LogP contribution in [-0.4, -0.2) is 76.2 Å². The minimum Gasteiger partial charge on any atom is -0.379 e. The number of nitrogens with two attached hydrogens (primary N) is 1. The zero-order valence-electron chi connectivity index (χ0n) is 21.0. The summed E-state index contributed by atoms with van der Waals surface area (Å²) in [5.41, 5.74) is 11.5. The molecular formula is C27H27ClN8O3. The van der Waals surface area contributed by atoms with Crippen LogP contribution in [-0.2, 0) is 4.74 Å². The van der Waals surface area contributed by atoms with Crippen molar-refractivity contribution in [3.63, 3.8) is 0 Å². The number of rotatable bonds is 7. The molecule has 0 spiro atoms. The Balaban J connectivity index is 1.34. The van der Waals surface area contributed by atoms with Gasteiger partial charge in [0, 0.05) is 53.7 Å². The second kappa shape index (κ2) is 12.0. The molecule has 0 atom stereocenters. The summed E-state index contributed by atoms with van der Waals surface area (Å²) in [6.45, 7) is 3.62. The summed E-state index contributed by atoms with van der Waals surface area (Å²) in [6, 6.07) is 14.0. The van der Waals surface area contributed by atoms with Crippen molar-refractivity contribution in [3.8, 4) is 11.1 Å². The van der Waals surface area contributed by atoms with Gasteiger partial charge in [0.2, 0.25) is 0 Å². The van der Waals surface area contributed by atoms with E-state index in [1.807, 2.05) is 36.4 Å². The zero-order chi connectivity index (χ0) is 27.2. The molecule has 4 N–H and O–H groups in total. The van der Waals surface area contributed by atoms with E-state index < -0.39 is 11.9 Å². The van der Waals surface area contributed by atoms with Gasteiger partial charge in [-0.25, -0.2) is 19.8 Å². The number of hydrogen-bond donors (Lipinski definition) is 3. The highest BCUT2D eigenvalue weighted by Gasteiger charge is 2.18. The topological polar surface area (TPSA) is 139 Å². The lowest BCUT2D eigenvalue weighted by Crippen LogP contribution is -2.52. The van der Waals surface area contributed by atoms with Crippen molar-refractivity contribution in [2.24, 2.45) is 5.73 Å². The van der Waals surface area contributed by atoms with Crippen LogP contribution in [0.4, 0.5) is 16.3 Å². The normalized spacial score (nSPS) is 13.7. The molecule has 1 fully saturated rings. The van der Waals surface area contributed by atoms with E-state index in [0.29, 0.717) is 36.2 Å². The molecule has 0 saturated carbocycles. The Morgan fingerprint density at radius 2 is 1.90 bits per heavy atom. The number of anilines is 2. The second-order valence-electron chi connectivity index (χ2n) is 8.94. The Morgan fingerprint density at radius 3 is 2.69 bits per heavy atom. The summed E-state index contributed by atoms with van der Waals surface area (Å²) in [4.78, 5) is 40.2. The van der Waals surface area contributed by atoms with Gasteiger partial charge in [-0.1, -0.05) is 23.7 Å². The molecule has 3 heterocycles. The summed E-state index contributed by atoms with van der Waals surface area (Å²) in [6.07, 6.45) is 4.59. The summed E-state index contributed by atoms with van der Waals surface area (Å²) in [5.74, 6) is 0.126.